The molecule has 0 bridgehead atoms. The van der Waals surface area contributed by atoms with E-state index < -0.39 is 12.3 Å². The van der Waals surface area contributed by atoms with Gasteiger partial charge in [0.05, 0.1) is 19.6 Å². The lowest BCUT2D eigenvalue weighted by Crippen LogP contribution is -2.67. The quantitative estimate of drug-likeness (QED) is 0.527. The van der Waals surface area contributed by atoms with Gasteiger partial charge in [0.2, 0.25) is 6.17 Å². The second-order valence-electron chi connectivity index (χ2n) is 5.35. The number of quaternary nitrogens is 1. The average Bonchev–Trinajstić information content (AvgIpc) is 2.97. The van der Waals surface area contributed by atoms with E-state index in [1.165, 1.54) is 5.12 Å². The van der Waals surface area contributed by atoms with Crippen LogP contribution < -0.4 is 16.5 Å². The summed E-state index contributed by atoms with van der Waals surface area (Å²) in [5.74, 6) is 0. The molecular formula is C11H23F3N5+. The Morgan fingerprint density at radius 3 is 2.47 bits per heavy atom. The summed E-state index contributed by atoms with van der Waals surface area (Å²) in [5, 5.41) is 1.31. The molecule has 0 aromatic heterocycles. The van der Waals surface area contributed by atoms with Gasteiger partial charge < -0.3 is 0 Å². The van der Waals surface area contributed by atoms with Crippen LogP contribution in [0, 0.1) is 0 Å². The topological polar surface area (TPSA) is 39.3 Å². The highest BCUT2D eigenvalue weighted by molar-refractivity contribution is 4.72. The van der Waals surface area contributed by atoms with Crippen LogP contribution in [0.1, 0.15) is 39.0 Å². The Labute approximate surface area is 111 Å². The number of likely N-dealkylation sites (tertiary alicyclic amines) is 1. The van der Waals surface area contributed by atoms with E-state index in [0.717, 1.165) is 51.7 Å². The number of nitrogens with zero attached hydrogens (tertiary/aromatic N) is 2. The molecule has 1 unspecified atom stereocenters. The van der Waals surface area contributed by atoms with Crippen LogP contribution in [0.2, 0.25) is 0 Å². The number of hydrogen-bond donors (Lipinski definition) is 3. The van der Waals surface area contributed by atoms with Gasteiger partial charge in [0.15, 0.2) is 0 Å². The first-order chi connectivity index (χ1) is 8.99. The molecule has 2 aliphatic rings. The molecule has 2 saturated heterocycles. The molecule has 0 spiro atoms. The molecule has 2 rings (SSSR count). The van der Waals surface area contributed by atoms with Crippen LogP contribution >= 0.6 is 0 Å². The Balaban J connectivity index is 2.09. The average molecular weight is 282 g/mol. The standard InChI is InChI=1S/C11H23F3N5/c1-2-3-4-7-19(8-5-6-9-19)18-10(11(12,13)14)15-16-17-18/h10,15-17H,2-9H2,1H3/q+1. The molecule has 1 atom stereocenters. The molecule has 2 fully saturated rings. The van der Waals surface area contributed by atoms with Gasteiger partial charge >= 0.3 is 6.18 Å². The molecule has 0 amide bonds. The summed E-state index contributed by atoms with van der Waals surface area (Å²) < 4.78 is 39.5. The SMILES string of the molecule is CCCCC[N+]1(N2NNNC2C(F)(F)F)CCCC1. The van der Waals surface area contributed by atoms with E-state index in [1.54, 1.807) is 0 Å². The number of halogens is 3. The minimum Gasteiger partial charge on any atom is -0.226 e. The number of hydrazine groups is 3. The lowest BCUT2D eigenvalue weighted by molar-refractivity contribution is -1.04. The van der Waals surface area contributed by atoms with Crippen molar-refractivity contribution < 1.29 is 17.8 Å². The molecule has 8 heteroatoms. The monoisotopic (exact) mass is 282 g/mol. The van der Waals surface area contributed by atoms with Gasteiger partial charge in [0.25, 0.3) is 0 Å². The van der Waals surface area contributed by atoms with E-state index in [-0.39, 0.29) is 0 Å². The third kappa shape index (κ3) is 3.19. The van der Waals surface area contributed by atoms with E-state index in [0.29, 0.717) is 4.59 Å². The van der Waals surface area contributed by atoms with Crippen LogP contribution in [0.25, 0.3) is 0 Å². The molecule has 2 aliphatic heterocycles. The maximum absolute atomic E-state index is 13.0. The van der Waals surface area contributed by atoms with Gasteiger partial charge in [-0.2, -0.15) is 18.7 Å². The second kappa shape index (κ2) is 5.92. The van der Waals surface area contributed by atoms with Gasteiger partial charge in [-0.25, -0.2) is 10.0 Å². The fraction of sp³-hybridized carbons (Fsp3) is 1.00. The maximum Gasteiger partial charge on any atom is 0.425 e. The van der Waals surface area contributed by atoms with Gasteiger partial charge in [0, 0.05) is 12.8 Å². The van der Waals surface area contributed by atoms with Crippen molar-refractivity contribution in [2.24, 2.45) is 0 Å². The minimum absolute atomic E-state index is 0.379. The highest BCUT2D eigenvalue weighted by atomic mass is 19.4. The number of nitrogens with one attached hydrogen (secondary N) is 3. The smallest absolute Gasteiger partial charge is 0.226 e. The van der Waals surface area contributed by atoms with E-state index in [2.05, 4.69) is 23.4 Å². The van der Waals surface area contributed by atoms with E-state index >= 15 is 0 Å². The van der Waals surface area contributed by atoms with Crippen molar-refractivity contribution in [2.45, 2.75) is 51.4 Å². The van der Waals surface area contributed by atoms with Crippen molar-refractivity contribution in [3.05, 3.63) is 0 Å². The van der Waals surface area contributed by atoms with Crippen LogP contribution in [-0.2, 0) is 0 Å². The highest BCUT2D eigenvalue weighted by Crippen LogP contribution is 2.31. The van der Waals surface area contributed by atoms with Crippen LogP contribution in [-0.4, -0.2) is 41.7 Å². The van der Waals surface area contributed by atoms with Gasteiger partial charge in [-0.05, 0) is 18.0 Å². The van der Waals surface area contributed by atoms with E-state index in [1.807, 2.05) is 0 Å². The molecule has 0 aromatic rings. The van der Waals surface area contributed by atoms with Crippen LogP contribution in [0.4, 0.5) is 13.2 Å². The Bertz CT molecular complexity index is 291. The number of unbranched alkanes of at least 4 members (excludes halogenated alkanes) is 2. The summed E-state index contributed by atoms with van der Waals surface area (Å²) in [6.07, 6.45) is -0.914. The Morgan fingerprint density at radius 2 is 1.89 bits per heavy atom. The normalized spacial score (nSPS) is 28.1. The van der Waals surface area contributed by atoms with Crippen molar-refractivity contribution >= 4 is 0 Å². The third-order valence-corrected chi connectivity index (χ3v) is 3.97. The van der Waals surface area contributed by atoms with Gasteiger partial charge in [-0.3, -0.25) is 0 Å². The lowest BCUT2D eigenvalue weighted by Gasteiger charge is -2.42. The zero-order chi connectivity index (χ0) is 13.9. The van der Waals surface area contributed by atoms with Crippen molar-refractivity contribution in [1.82, 2.24) is 21.6 Å². The van der Waals surface area contributed by atoms with Crippen LogP contribution in [0.5, 0.6) is 0 Å². The van der Waals surface area contributed by atoms with E-state index in [9.17, 15) is 13.2 Å². The van der Waals surface area contributed by atoms with Gasteiger partial charge in [0.1, 0.15) is 0 Å². The van der Waals surface area contributed by atoms with E-state index in [4.69, 9.17) is 0 Å². The van der Waals surface area contributed by atoms with Crippen molar-refractivity contribution in [1.29, 1.82) is 0 Å². The molecule has 0 saturated carbocycles. The molecule has 3 N–H and O–H groups in total. The van der Waals surface area contributed by atoms with Crippen LogP contribution in [0.15, 0.2) is 0 Å². The number of rotatable bonds is 5. The Morgan fingerprint density at radius 1 is 1.21 bits per heavy atom. The maximum atomic E-state index is 13.0. The highest BCUT2D eigenvalue weighted by Gasteiger charge is 2.56. The number of hydrogen-bond acceptors (Lipinski definition) is 4. The minimum atomic E-state index is -4.30. The first-order valence-electron chi connectivity index (χ1n) is 6.98. The first kappa shape index (κ1) is 15.0. The zero-order valence-electron chi connectivity index (χ0n) is 11.3. The Hall–Kier alpha value is -0.410. The van der Waals surface area contributed by atoms with Gasteiger partial charge in [-0.1, -0.05) is 13.3 Å². The summed E-state index contributed by atoms with van der Waals surface area (Å²) in [6, 6.07) is 0. The van der Waals surface area contributed by atoms with Crippen molar-refractivity contribution in [3.8, 4) is 0 Å². The molecule has 0 radical (unpaired) electrons. The van der Waals surface area contributed by atoms with Crippen molar-refractivity contribution in [2.75, 3.05) is 19.6 Å². The predicted molar refractivity (Wildman–Crippen MR) is 64.7 cm³/mol. The molecule has 19 heavy (non-hydrogen) atoms. The molecule has 112 valence electrons. The zero-order valence-corrected chi connectivity index (χ0v) is 11.3. The Kier molecular flexibility index (Phi) is 4.67. The number of alkyl halides is 3. The van der Waals surface area contributed by atoms with Crippen LogP contribution in [0.3, 0.4) is 0 Å². The fourth-order valence-electron chi connectivity index (χ4n) is 2.98. The lowest BCUT2D eigenvalue weighted by atomic mass is 10.2. The largest absolute Gasteiger partial charge is 0.425 e. The predicted octanol–water partition coefficient (Wildman–Crippen LogP) is 1.42. The summed E-state index contributed by atoms with van der Waals surface area (Å²) in [5.41, 5.74) is 7.32. The second-order valence-corrected chi connectivity index (χ2v) is 5.35. The summed E-state index contributed by atoms with van der Waals surface area (Å²) >= 11 is 0. The molecule has 0 aliphatic carbocycles. The molecule has 2 heterocycles. The summed E-state index contributed by atoms with van der Waals surface area (Å²) in [4.78, 5) is 0. The third-order valence-electron chi connectivity index (χ3n) is 3.97. The van der Waals surface area contributed by atoms with Crippen molar-refractivity contribution in [3.63, 3.8) is 0 Å². The molecule has 5 nitrogen and oxygen atoms in total. The summed E-state index contributed by atoms with van der Waals surface area (Å²) in [6.45, 7) is 4.40. The summed E-state index contributed by atoms with van der Waals surface area (Å²) in [7, 11) is 0. The molecule has 0 aromatic carbocycles. The fourth-order valence-corrected chi connectivity index (χ4v) is 2.98. The first-order valence-corrected chi connectivity index (χ1v) is 6.98. The van der Waals surface area contributed by atoms with Gasteiger partial charge in [-0.15, -0.1) is 5.53 Å². The molecular weight excluding hydrogens is 259 g/mol.